The second kappa shape index (κ2) is 8.46. The van der Waals surface area contributed by atoms with Crippen LogP contribution < -0.4 is 4.74 Å². The minimum absolute atomic E-state index is 0.306. The first-order chi connectivity index (χ1) is 11.2. The topological polar surface area (TPSA) is 57.0 Å². The number of rotatable bonds is 9. The predicted molar refractivity (Wildman–Crippen MR) is 89.8 cm³/mol. The molecule has 0 saturated carbocycles. The Morgan fingerprint density at radius 3 is 2.57 bits per heavy atom. The highest BCUT2D eigenvalue weighted by molar-refractivity contribution is 5.73. The van der Waals surface area contributed by atoms with Crippen molar-refractivity contribution in [2.75, 3.05) is 0 Å². The molecule has 23 heavy (non-hydrogen) atoms. The van der Waals surface area contributed by atoms with Crippen molar-refractivity contribution >= 4 is 6.29 Å². The Morgan fingerprint density at radius 2 is 1.91 bits per heavy atom. The molecule has 0 aliphatic heterocycles. The molecule has 0 fully saturated rings. The maximum absolute atomic E-state index is 11.2. The zero-order valence-electron chi connectivity index (χ0n) is 14.2. The Kier molecular flexibility index (Phi) is 6.32. The Balaban J connectivity index is 2.08. The second-order valence-electron chi connectivity index (χ2n) is 5.83. The fraction of sp³-hybridized carbons (Fsp3) is 0.500. The standard InChI is InChI=1S/C18H25N3O2/c1-4-5-6-7-11-21-17(16(12-22)19-20-21)13-23-18-14(2)9-8-10-15(18)3/h8-10,12H,4-7,11,13H2,1-3H3. The molecule has 1 aromatic heterocycles. The molecule has 0 unspecified atom stereocenters. The maximum Gasteiger partial charge on any atom is 0.172 e. The van der Waals surface area contributed by atoms with Crippen molar-refractivity contribution in [1.82, 2.24) is 15.0 Å². The van der Waals surface area contributed by atoms with E-state index < -0.39 is 0 Å². The van der Waals surface area contributed by atoms with E-state index >= 15 is 0 Å². The number of aromatic nitrogens is 3. The molecule has 1 heterocycles. The fourth-order valence-corrected chi connectivity index (χ4v) is 2.62. The highest BCUT2D eigenvalue weighted by Crippen LogP contribution is 2.23. The molecule has 5 nitrogen and oxygen atoms in total. The van der Waals surface area contributed by atoms with Crippen molar-refractivity contribution in [3.05, 3.63) is 40.7 Å². The van der Waals surface area contributed by atoms with Crippen LogP contribution in [0.5, 0.6) is 5.75 Å². The van der Waals surface area contributed by atoms with Crippen LogP contribution in [0.2, 0.25) is 0 Å². The number of carbonyl (C=O) groups is 1. The number of hydrogen-bond acceptors (Lipinski definition) is 4. The number of para-hydroxylation sites is 1. The molecule has 0 radical (unpaired) electrons. The number of ether oxygens (including phenoxy) is 1. The van der Waals surface area contributed by atoms with Crippen LogP contribution in [0.25, 0.3) is 0 Å². The fourth-order valence-electron chi connectivity index (χ4n) is 2.62. The second-order valence-corrected chi connectivity index (χ2v) is 5.83. The molecule has 0 atom stereocenters. The lowest BCUT2D eigenvalue weighted by atomic mass is 10.1. The van der Waals surface area contributed by atoms with E-state index in [9.17, 15) is 4.79 Å². The van der Waals surface area contributed by atoms with E-state index in [0.29, 0.717) is 12.3 Å². The van der Waals surface area contributed by atoms with Crippen molar-refractivity contribution in [3.63, 3.8) is 0 Å². The van der Waals surface area contributed by atoms with Crippen molar-refractivity contribution in [2.24, 2.45) is 0 Å². The predicted octanol–water partition coefficient (Wildman–Crippen LogP) is 3.87. The Bertz CT molecular complexity index is 629. The summed E-state index contributed by atoms with van der Waals surface area (Å²) in [6.45, 7) is 7.29. The lowest BCUT2D eigenvalue weighted by Gasteiger charge is -2.13. The smallest absolute Gasteiger partial charge is 0.172 e. The Labute approximate surface area is 137 Å². The summed E-state index contributed by atoms with van der Waals surface area (Å²) in [5, 5.41) is 8.05. The van der Waals surface area contributed by atoms with Crippen LogP contribution in [0, 0.1) is 13.8 Å². The van der Waals surface area contributed by atoms with E-state index in [4.69, 9.17) is 4.74 Å². The highest BCUT2D eigenvalue weighted by Gasteiger charge is 2.14. The minimum atomic E-state index is 0.306. The Hall–Kier alpha value is -2.17. The lowest BCUT2D eigenvalue weighted by molar-refractivity contribution is 0.111. The zero-order valence-corrected chi connectivity index (χ0v) is 14.2. The van der Waals surface area contributed by atoms with Gasteiger partial charge in [0.1, 0.15) is 18.1 Å². The third kappa shape index (κ3) is 4.41. The van der Waals surface area contributed by atoms with Crippen LogP contribution in [0.1, 0.15) is 59.9 Å². The largest absolute Gasteiger partial charge is 0.487 e. The average molecular weight is 315 g/mol. The van der Waals surface area contributed by atoms with E-state index in [0.717, 1.165) is 48.2 Å². The van der Waals surface area contributed by atoms with E-state index in [1.165, 1.54) is 12.8 Å². The van der Waals surface area contributed by atoms with Gasteiger partial charge in [-0.1, -0.05) is 49.6 Å². The van der Waals surface area contributed by atoms with E-state index in [1.54, 1.807) is 4.68 Å². The summed E-state index contributed by atoms with van der Waals surface area (Å²) in [5.74, 6) is 0.864. The van der Waals surface area contributed by atoms with Gasteiger partial charge in [0.15, 0.2) is 12.0 Å². The summed E-state index contributed by atoms with van der Waals surface area (Å²) >= 11 is 0. The highest BCUT2D eigenvalue weighted by atomic mass is 16.5. The van der Waals surface area contributed by atoms with Crippen LogP contribution in [-0.2, 0) is 13.2 Å². The summed E-state index contributed by atoms with van der Waals surface area (Å²) < 4.78 is 7.76. The molecule has 2 rings (SSSR count). The normalized spacial score (nSPS) is 10.7. The minimum Gasteiger partial charge on any atom is -0.487 e. The van der Waals surface area contributed by atoms with Crippen LogP contribution in [0.4, 0.5) is 0 Å². The third-order valence-corrected chi connectivity index (χ3v) is 3.96. The summed E-state index contributed by atoms with van der Waals surface area (Å²) in [6.07, 6.45) is 5.35. The molecule has 0 N–H and O–H groups in total. The third-order valence-electron chi connectivity index (χ3n) is 3.96. The number of hydrogen-bond donors (Lipinski definition) is 0. The lowest BCUT2D eigenvalue weighted by Crippen LogP contribution is -2.10. The summed E-state index contributed by atoms with van der Waals surface area (Å²) in [7, 11) is 0. The van der Waals surface area contributed by atoms with Gasteiger partial charge >= 0.3 is 0 Å². The molecule has 0 saturated heterocycles. The van der Waals surface area contributed by atoms with Gasteiger partial charge in [0.25, 0.3) is 0 Å². The number of aldehydes is 1. The van der Waals surface area contributed by atoms with Crippen LogP contribution in [0.3, 0.4) is 0 Å². The summed E-state index contributed by atoms with van der Waals surface area (Å²) in [6, 6.07) is 6.04. The van der Waals surface area contributed by atoms with Crippen LogP contribution >= 0.6 is 0 Å². The van der Waals surface area contributed by atoms with Crippen molar-refractivity contribution < 1.29 is 9.53 Å². The van der Waals surface area contributed by atoms with Crippen LogP contribution in [-0.4, -0.2) is 21.3 Å². The number of aryl methyl sites for hydroxylation is 3. The van der Waals surface area contributed by atoms with Crippen LogP contribution in [0.15, 0.2) is 18.2 Å². The molecular formula is C18H25N3O2. The van der Waals surface area contributed by atoms with E-state index in [-0.39, 0.29) is 0 Å². The van der Waals surface area contributed by atoms with Gasteiger partial charge in [-0.05, 0) is 31.4 Å². The van der Waals surface area contributed by atoms with Crippen molar-refractivity contribution in [1.29, 1.82) is 0 Å². The molecule has 0 amide bonds. The van der Waals surface area contributed by atoms with Gasteiger partial charge in [0.05, 0.1) is 0 Å². The average Bonchev–Trinajstić information content (AvgIpc) is 2.93. The van der Waals surface area contributed by atoms with Crippen molar-refractivity contribution in [3.8, 4) is 5.75 Å². The molecule has 2 aromatic rings. The van der Waals surface area contributed by atoms with E-state index in [2.05, 4.69) is 17.2 Å². The first-order valence-corrected chi connectivity index (χ1v) is 8.24. The Morgan fingerprint density at radius 1 is 1.17 bits per heavy atom. The molecule has 1 aromatic carbocycles. The number of carbonyl (C=O) groups excluding carboxylic acids is 1. The number of nitrogens with zero attached hydrogens (tertiary/aromatic N) is 3. The molecule has 5 heteroatoms. The van der Waals surface area contributed by atoms with Gasteiger partial charge in [-0.15, -0.1) is 5.10 Å². The quantitative estimate of drug-likeness (QED) is 0.521. The maximum atomic E-state index is 11.2. The van der Waals surface area contributed by atoms with Gasteiger partial charge in [0, 0.05) is 6.54 Å². The van der Waals surface area contributed by atoms with E-state index in [1.807, 2.05) is 32.0 Å². The summed E-state index contributed by atoms with van der Waals surface area (Å²) in [4.78, 5) is 11.2. The molecule has 0 aliphatic carbocycles. The first kappa shape index (κ1) is 17.2. The first-order valence-electron chi connectivity index (χ1n) is 8.24. The van der Waals surface area contributed by atoms with Gasteiger partial charge in [-0.2, -0.15) is 0 Å². The number of benzene rings is 1. The molecule has 0 spiro atoms. The van der Waals surface area contributed by atoms with Gasteiger partial charge in [-0.25, -0.2) is 4.68 Å². The number of unbranched alkanes of at least 4 members (excludes halogenated alkanes) is 3. The summed E-state index contributed by atoms with van der Waals surface area (Å²) in [5.41, 5.74) is 3.28. The molecule has 124 valence electrons. The van der Waals surface area contributed by atoms with Gasteiger partial charge in [0.2, 0.25) is 0 Å². The SMILES string of the molecule is CCCCCCn1nnc(C=O)c1COc1c(C)cccc1C. The van der Waals surface area contributed by atoms with Crippen molar-refractivity contribution in [2.45, 2.75) is 59.6 Å². The molecular weight excluding hydrogens is 290 g/mol. The van der Waals surface area contributed by atoms with Gasteiger partial charge in [-0.3, -0.25) is 4.79 Å². The molecule has 0 bridgehead atoms. The molecule has 0 aliphatic rings. The zero-order chi connectivity index (χ0) is 16.7. The van der Waals surface area contributed by atoms with Gasteiger partial charge < -0.3 is 4.74 Å². The monoisotopic (exact) mass is 315 g/mol.